The molecule has 0 saturated carbocycles. The second-order valence-electron chi connectivity index (χ2n) is 6.16. The van der Waals surface area contributed by atoms with E-state index in [1.807, 2.05) is 65.8 Å². The van der Waals surface area contributed by atoms with Crippen LogP contribution in [0.2, 0.25) is 0 Å². The van der Waals surface area contributed by atoms with Gasteiger partial charge in [-0.2, -0.15) is 5.26 Å². The molecule has 0 fully saturated rings. The van der Waals surface area contributed by atoms with Crippen LogP contribution in [-0.2, 0) is 6.54 Å². The van der Waals surface area contributed by atoms with E-state index in [-0.39, 0.29) is 12.4 Å². The van der Waals surface area contributed by atoms with Gasteiger partial charge in [-0.05, 0) is 41.3 Å². The van der Waals surface area contributed by atoms with Gasteiger partial charge in [-0.3, -0.25) is 4.98 Å². The van der Waals surface area contributed by atoms with E-state index >= 15 is 0 Å². The van der Waals surface area contributed by atoms with Gasteiger partial charge in [-0.1, -0.05) is 18.2 Å². The van der Waals surface area contributed by atoms with Crippen molar-refractivity contribution in [2.24, 2.45) is 10.7 Å². The maximum absolute atomic E-state index is 9.18. The molecule has 0 atom stereocenters. The second-order valence-corrected chi connectivity index (χ2v) is 6.16. The van der Waals surface area contributed by atoms with Crippen molar-refractivity contribution < 1.29 is 4.74 Å². The lowest BCUT2D eigenvalue weighted by Crippen LogP contribution is -2.39. The maximum Gasteiger partial charge on any atom is 0.214 e. The van der Waals surface area contributed by atoms with Crippen LogP contribution in [0, 0.1) is 11.5 Å². The molecule has 0 spiro atoms. The molecule has 2 aromatic carbocycles. The van der Waals surface area contributed by atoms with E-state index in [1.54, 1.807) is 13.3 Å². The fraction of sp³-hybridized carbons (Fsp3) is 0.190. The zero-order valence-electron chi connectivity index (χ0n) is 16.1. The Balaban J connectivity index is 0.00000300. The standard InChI is InChI=1S/C21H22N6O.ClH/c1-28-20-6-2-16(3-7-20)14-27(11-9-22)21(25-15-23)26-19-5-4-18-13-24-10-8-17(18)12-19;/h2-8,10,12-13H,9,11,14,22H2,1H3,(H,25,26);1H. The van der Waals surface area contributed by atoms with Gasteiger partial charge in [0.25, 0.3) is 0 Å². The Hall–Kier alpha value is -3.34. The normalized spacial score (nSPS) is 10.7. The summed E-state index contributed by atoms with van der Waals surface area (Å²) in [7, 11) is 1.64. The molecule has 3 N–H and O–H groups in total. The number of halogens is 1. The summed E-state index contributed by atoms with van der Waals surface area (Å²) in [4.78, 5) is 10.1. The van der Waals surface area contributed by atoms with Crippen LogP contribution in [0.1, 0.15) is 5.56 Å². The molecule has 0 aliphatic rings. The van der Waals surface area contributed by atoms with Gasteiger partial charge >= 0.3 is 0 Å². The molecule has 7 nitrogen and oxygen atoms in total. The van der Waals surface area contributed by atoms with Gasteiger partial charge in [-0.15, -0.1) is 17.4 Å². The number of fused-ring (bicyclic) bond motifs is 1. The molecular weight excluding hydrogens is 388 g/mol. The van der Waals surface area contributed by atoms with E-state index in [0.29, 0.717) is 25.6 Å². The number of guanidine groups is 1. The lowest BCUT2D eigenvalue weighted by Gasteiger charge is -2.26. The molecule has 0 unspecified atom stereocenters. The predicted octanol–water partition coefficient (Wildman–Crippen LogP) is 3.38. The Labute approximate surface area is 176 Å². The highest BCUT2D eigenvalue weighted by molar-refractivity contribution is 5.96. The predicted molar refractivity (Wildman–Crippen MR) is 118 cm³/mol. The molecule has 1 heterocycles. The zero-order valence-corrected chi connectivity index (χ0v) is 16.9. The molecule has 3 aromatic rings. The number of hydrogen-bond donors (Lipinski definition) is 2. The van der Waals surface area contributed by atoms with Gasteiger partial charge in [0.05, 0.1) is 7.11 Å². The SMILES string of the molecule is COc1ccc(CN(CCN)C(=NC#N)Nc2ccc3cnccc3c2)cc1.Cl. The third-order valence-electron chi connectivity index (χ3n) is 4.28. The first-order valence-electron chi connectivity index (χ1n) is 8.89. The minimum absolute atomic E-state index is 0. The molecule has 0 saturated heterocycles. The zero-order chi connectivity index (χ0) is 19.8. The Morgan fingerprint density at radius 1 is 1.21 bits per heavy atom. The fourth-order valence-electron chi connectivity index (χ4n) is 2.88. The van der Waals surface area contributed by atoms with Crippen molar-refractivity contribution in [3.05, 3.63) is 66.5 Å². The Morgan fingerprint density at radius 2 is 2.00 bits per heavy atom. The van der Waals surface area contributed by atoms with E-state index in [4.69, 9.17) is 10.5 Å². The molecular formula is C21H23ClN6O. The minimum atomic E-state index is 0. The first kappa shape index (κ1) is 22.0. The second kappa shape index (κ2) is 10.9. The van der Waals surface area contributed by atoms with Crippen LogP contribution in [0.15, 0.2) is 65.9 Å². The van der Waals surface area contributed by atoms with Crippen LogP contribution < -0.4 is 15.8 Å². The average Bonchev–Trinajstić information content (AvgIpc) is 2.73. The summed E-state index contributed by atoms with van der Waals surface area (Å²) < 4.78 is 5.20. The number of rotatable bonds is 6. The van der Waals surface area contributed by atoms with Gasteiger partial charge < -0.3 is 20.7 Å². The molecule has 0 bridgehead atoms. The molecule has 29 heavy (non-hydrogen) atoms. The first-order chi connectivity index (χ1) is 13.7. The molecule has 3 rings (SSSR count). The number of methoxy groups -OCH3 is 1. The van der Waals surface area contributed by atoms with Crippen LogP contribution in [0.25, 0.3) is 10.8 Å². The Bertz CT molecular complexity index is 1000. The Morgan fingerprint density at radius 3 is 2.69 bits per heavy atom. The van der Waals surface area contributed by atoms with Crippen LogP contribution in [0.3, 0.4) is 0 Å². The van der Waals surface area contributed by atoms with Crippen molar-refractivity contribution in [3.8, 4) is 11.9 Å². The number of benzene rings is 2. The van der Waals surface area contributed by atoms with Crippen LogP contribution in [-0.4, -0.2) is 36.0 Å². The fourth-order valence-corrected chi connectivity index (χ4v) is 2.88. The summed E-state index contributed by atoms with van der Waals surface area (Å²) in [6.07, 6.45) is 5.45. The molecule has 0 aliphatic carbocycles. The lowest BCUT2D eigenvalue weighted by atomic mass is 10.1. The molecule has 8 heteroatoms. The van der Waals surface area contributed by atoms with Crippen LogP contribution >= 0.6 is 12.4 Å². The number of aromatic nitrogens is 1. The van der Waals surface area contributed by atoms with Gasteiger partial charge in [0, 0.05) is 43.1 Å². The summed E-state index contributed by atoms with van der Waals surface area (Å²) in [5, 5.41) is 14.5. The largest absolute Gasteiger partial charge is 0.497 e. The number of nitriles is 1. The van der Waals surface area contributed by atoms with Gasteiger partial charge in [0.15, 0.2) is 0 Å². The molecule has 0 radical (unpaired) electrons. The summed E-state index contributed by atoms with van der Waals surface area (Å²) in [5.41, 5.74) is 7.69. The van der Waals surface area contributed by atoms with Gasteiger partial charge in [-0.25, -0.2) is 0 Å². The first-order valence-corrected chi connectivity index (χ1v) is 8.89. The van der Waals surface area contributed by atoms with Gasteiger partial charge in [0.1, 0.15) is 5.75 Å². The number of aliphatic imine (C=N–C) groups is 1. The number of nitrogens with zero attached hydrogens (tertiary/aromatic N) is 4. The summed E-state index contributed by atoms with van der Waals surface area (Å²) in [6.45, 7) is 1.55. The Kier molecular flexibility index (Phi) is 8.22. The van der Waals surface area contributed by atoms with E-state index in [9.17, 15) is 5.26 Å². The molecule has 150 valence electrons. The summed E-state index contributed by atoms with van der Waals surface area (Å²) >= 11 is 0. The van der Waals surface area contributed by atoms with Crippen molar-refractivity contribution in [2.75, 3.05) is 25.5 Å². The number of hydrogen-bond acceptors (Lipinski definition) is 5. The van der Waals surface area contributed by atoms with Crippen molar-refractivity contribution in [2.45, 2.75) is 6.54 Å². The highest BCUT2D eigenvalue weighted by Gasteiger charge is 2.13. The minimum Gasteiger partial charge on any atom is -0.497 e. The van der Waals surface area contributed by atoms with E-state index in [0.717, 1.165) is 27.8 Å². The molecule has 0 amide bonds. The highest BCUT2D eigenvalue weighted by Crippen LogP contribution is 2.19. The van der Waals surface area contributed by atoms with Crippen molar-refractivity contribution >= 4 is 34.8 Å². The van der Waals surface area contributed by atoms with Crippen molar-refractivity contribution in [1.29, 1.82) is 5.26 Å². The monoisotopic (exact) mass is 410 g/mol. The third kappa shape index (κ3) is 5.82. The highest BCUT2D eigenvalue weighted by atomic mass is 35.5. The van der Waals surface area contributed by atoms with Crippen molar-refractivity contribution in [1.82, 2.24) is 9.88 Å². The van der Waals surface area contributed by atoms with E-state index in [1.165, 1.54) is 0 Å². The van der Waals surface area contributed by atoms with Crippen LogP contribution in [0.4, 0.5) is 5.69 Å². The van der Waals surface area contributed by atoms with Gasteiger partial charge in [0.2, 0.25) is 12.2 Å². The number of anilines is 1. The topological polar surface area (TPSA) is 99.6 Å². The smallest absolute Gasteiger partial charge is 0.214 e. The third-order valence-corrected chi connectivity index (χ3v) is 4.28. The number of ether oxygens (including phenoxy) is 1. The van der Waals surface area contributed by atoms with E-state index < -0.39 is 0 Å². The quantitative estimate of drug-likeness (QED) is 0.367. The lowest BCUT2D eigenvalue weighted by molar-refractivity contribution is 0.411. The maximum atomic E-state index is 9.18. The summed E-state index contributed by atoms with van der Waals surface area (Å²) in [5.74, 6) is 1.25. The number of nitrogens with one attached hydrogen (secondary N) is 1. The van der Waals surface area contributed by atoms with Crippen LogP contribution in [0.5, 0.6) is 5.75 Å². The number of nitrogens with two attached hydrogens (primary N) is 1. The number of pyridine rings is 1. The average molecular weight is 411 g/mol. The van der Waals surface area contributed by atoms with E-state index in [2.05, 4.69) is 15.3 Å². The summed E-state index contributed by atoms with van der Waals surface area (Å²) in [6, 6.07) is 15.6. The van der Waals surface area contributed by atoms with Crippen molar-refractivity contribution in [3.63, 3.8) is 0 Å². The molecule has 0 aliphatic heterocycles. The molecule has 1 aromatic heterocycles.